The van der Waals surface area contributed by atoms with Gasteiger partial charge in [-0.25, -0.2) is 0 Å². The summed E-state index contributed by atoms with van der Waals surface area (Å²) in [5.74, 6) is 1.45. The molecule has 0 fully saturated rings. The standard InChI is InChI=1S/C24H25Cl2N5O2S2/c1-31-21(8-5-11-33-19-10-9-15(25)12-18(19)26)29-30-24(31)34-14-22(32)28-23-17(13-27)16-6-3-2-4-7-20(16)35-23/h9-10,12H,2-8,11,14H2,1H3,(H,28,32). The van der Waals surface area contributed by atoms with Crippen LogP contribution in [0.5, 0.6) is 5.75 Å². The van der Waals surface area contributed by atoms with Gasteiger partial charge in [0.25, 0.3) is 0 Å². The van der Waals surface area contributed by atoms with Crippen LogP contribution < -0.4 is 10.1 Å². The molecule has 2 heterocycles. The number of fused-ring (bicyclic) bond motifs is 1. The SMILES string of the molecule is Cn1c(CCCOc2ccc(Cl)cc2Cl)nnc1SCC(=O)Nc1sc2c(c1C#N)CCCCC2. The number of hydrogen-bond acceptors (Lipinski definition) is 7. The smallest absolute Gasteiger partial charge is 0.235 e. The van der Waals surface area contributed by atoms with E-state index in [2.05, 4.69) is 21.6 Å². The van der Waals surface area contributed by atoms with Crippen LogP contribution >= 0.6 is 46.3 Å². The number of nitrogens with one attached hydrogen (secondary N) is 1. The van der Waals surface area contributed by atoms with Crippen molar-refractivity contribution in [3.05, 3.63) is 50.1 Å². The Balaban J connectivity index is 1.26. The van der Waals surface area contributed by atoms with E-state index in [0.29, 0.717) is 44.5 Å². The highest BCUT2D eigenvalue weighted by Crippen LogP contribution is 2.37. The molecule has 0 unspecified atom stereocenters. The molecule has 1 aromatic carbocycles. The van der Waals surface area contributed by atoms with Gasteiger partial charge in [-0.3, -0.25) is 4.79 Å². The van der Waals surface area contributed by atoms with Crippen molar-refractivity contribution in [1.29, 1.82) is 5.26 Å². The predicted molar refractivity (Wildman–Crippen MR) is 141 cm³/mol. The zero-order valence-corrected chi connectivity index (χ0v) is 22.4. The zero-order chi connectivity index (χ0) is 24.8. The van der Waals surface area contributed by atoms with Gasteiger partial charge in [0.1, 0.15) is 22.6 Å². The molecule has 1 aliphatic rings. The van der Waals surface area contributed by atoms with Crippen LogP contribution in [0.3, 0.4) is 0 Å². The van der Waals surface area contributed by atoms with Crippen LogP contribution in [0.15, 0.2) is 23.4 Å². The fourth-order valence-corrected chi connectivity index (χ4v) is 6.38. The van der Waals surface area contributed by atoms with Gasteiger partial charge in [-0.05, 0) is 55.9 Å². The lowest BCUT2D eigenvalue weighted by molar-refractivity contribution is -0.113. The molecule has 4 rings (SSSR count). The topological polar surface area (TPSA) is 92.8 Å². The van der Waals surface area contributed by atoms with Crippen LogP contribution in [0.2, 0.25) is 10.0 Å². The first-order valence-corrected chi connectivity index (χ1v) is 14.0. The summed E-state index contributed by atoms with van der Waals surface area (Å²) >= 11 is 14.9. The maximum Gasteiger partial charge on any atom is 0.235 e. The van der Waals surface area contributed by atoms with Gasteiger partial charge < -0.3 is 14.6 Å². The molecule has 0 bridgehead atoms. The number of carbonyl (C=O) groups is 1. The van der Waals surface area contributed by atoms with Crippen molar-refractivity contribution in [3.63, 3.8) is 0 Å². The van der Waals surface area contributed by atoms with E-state index in [1.165, 1.54) is 23.1 Å². The zero-order valence-electron chi connectivity index (χ0n) is 19.3. The average molecular weight is 551 g/mol. The molecule has 184 valence electrons. The lowest BCUT2D eigenvalue weighted by Crippen LogP contribution is -2.14. The minimum atomic E-state index is -0.152. The minimum Gasteiger partial charge on any atom is -0.492 e. The molecule has 7 nitrogen and oxygen atoms in total. The number of carbonyl (C=O) groups excluding carboxylic acids is 1. The number of aromatic nitrogens is 3. The van der Waals surface area contributed by atoms with Gasteiger partial charge in [-0.2, -0.15) is 5.26 Å². The summed E-state index contributed by atoms with van der Waals surface area (Å²) in [5, 5.41) is 23.5. The number of thiophene rings is 1. The first-order chi connectivity index (χ1) is 17.0. The van der Waals surface area contributed by atoms with Gasteiger partial charge in [-0.1, -0.05) is 41.4 Å². The highest BCUT2D eigenvalue weighted by Gasteiger charge is 2.21. The molecule has 0 aliphatic heterocycles. The van der Waals surface area contributed by atoms with E-state index in [0.717, 1.165) is 43.5 Å². The summed E-state index contributed by atoms with van der Waals surface area (Å²) in [6.45, 7) is 0.477. The molecule has 1 amide bonds. The molecule has 0 saturated heterocycles. The molecule has 3 aromatic rings. The van der Waals surface area contributed by atoms with Crippen LogP contribution in [0.1, 0.15) is 47.5 Å². The summed E-state index contributed by atoms with van der Waals surface area (Å²) in [5.41, 5.74) is 1.76. The van der Waals surface area contributed by atoms with Crippen molar-refractivity contribution in [2.75, 3.05) is 17.7 Å². The first-order valence-electron chi connectivity index (χ1n) is 11.4. The maximum absolute atomic E-state index is 12.6. The molecule has 11 heteroatoms. The minimum absolute atomic E-state index is 0.152. The molecular weight excluding hydrogens is 525 g/mol. The molecule has 1 aliphatic carbocycles. The molecule has 2 aromatic heterocycles. The fourth-order valence-electron chi connectivity index (χ4n) is 3.93. The van der Waals surface area contributed by atoms with Gasteiger partial charge in [0.15, 0.2) is 5.16 Å². The number of rotatable bonds is 9. The number of anilines is 1. The second kappa shape index (κ2) is 12.1. The fraction of sp³-hybridized carbons (Fsp3) is 0.417. The monoisotopic (exact) mass is 549 g/mol. The predicted octanol–water partition coefficient (Wildman–Crippen LogP) is 6.07. The number of ether oxygens (including phenoxy) is 1. The Morgan fingerprint density at radius 3 is 2.91 bits per heavy atom. The van der Waals surface area contributed by atoms with E-state index in [1.54, 1.807) is 29.5 Å². The largest absolute Gasteiger partial charge is 0.492 e. The number of benzene rings is 1. The number of aryl methyl sites for hydroxylation is 2. The molecule has 0 atom stereocenters. The Morgan fingerprint density at radius 2 is 2.11 bits per heavy atom. The highest BCUT2D eigenvalue weighted by molar-refractivity contribution is 7.99. The lowest BCUT2D eigenvalue weighted by Gasteiger charge is -2.08. The first kappa shape index (κ1) is 25.8. The molecule has 35 heavy (non-hydrogen) atoms. The molecule has 0 saturated carbocycles. The molecular formula is C24H25Cl2N5O2S2. The molecule has 0 radical (unpaired) electrons. The third-order valence-electron chi connectivity index (χ3n) is 5.74. The third-order valence-corrected chi connectivity index (χ3v) is 8.50. The van der Waals surface area contributed by atoms with Crippen molar-refractivity contribution in [3.8, 4) is 11.8 Å². The van der Waals surface area contributed by atoms with E-state index >= 15 is 0 Å². The second-order valence-electron chi connectivity index (χ2n) is 8.20. The highest BCUT2D eigenvalue weighted by atomic mass is 35.5. The van der Waals surface area contributed by atoms with Gasteiger partial charge in [0.2, 0.25) is 5.91 Å². The number of nitriles is 1. The Hall–Kier alpha value is -2.25. The van der Waals surface area contributed by atoms with Crippen molar-refractivity contribution < 1.29 is 9.53 Å². The second-order valence-corrected chi connectivity index (χ2v) is 11.1. The van der Waals surface area contributed by atoms with Gasteiger partial charge in [0.05, 0.1) is 22.9 Å². The summed E-state index contributed by atoms with van der Waals surface area (Å²) < 4.78 is 7.61. The van der Waals surface area contributed by atoms with Crippen LogP contribution in [0, 0.1) is 11.3 Å². The maximum atomic E-state index is 12.6. The van der Waals surface area contributed by atoms with E-state index < -0.39 is 0 Å². The summed E-state index contributed by atoms with van der Waals surface area (Å²) in [6, 6.07) is 7.44. The van der Waals surface area contributed by atoms with Gasteiger partial charge >= 0.3 is 0 Å². The Morgan fingerprint density at radius 1 is 1.29 bits per heavy atom. The van der Waals surface area contributed by atoms with Gasteiger partial charge in [0, 0.05) is 23.4 Å². The van der Waals surface area contributed by atoms with Crippen LogP contribution in [-0.4, -0.2) is 33.0 Å². The summed E-state index contributed by atoms with van der Waals surface area (Å²) in [4.78, 5) is 13.9. The third kappa shape index (κ3) is 6.50. The molecule has 0 spiro atoms. The van der Waals surface area contributed by atoms with E-state index in [4.69, 9.17) is 27.9 Å². The van der Waals surface area contributed by atoms with E-state index in [-0.39, 0.29) is 11.7 Å². The van der Waals surface area contributed by atoms with Crippen LogP contribution in [-0.2, 0) is 31.1 Å². The number of halogens is 2. The number of nitrogens with zero attached hydrogens (tertiary/aromatic N) is 4. The van der Waals surface area contributed by atoms with E-state index in [9.17, 15) is 10.1 Å². The van der Waals surface area contributed by atoms with Crippen molar-refractivity contribution >= 4 is 57.2 Å². The van der Waals surface area contributed by atoms with E-state index in [1.807, 2.05) is 11.6 Å². The Labute approximate surface area is 222 Å². The van der Waals surface area contributed by atoms with Crippen molar-refractivity contribution in [2.24, 2.45) is 7.05 Å². The van der Waals surface area contributed by atoms with Crippen molar-refractivity contribution in [2.45, 2.75) is 50.1 Å². The molecule has 1 N–H and O–H groups in total. The Bertz CT molecular complexity index is 1250. The number of amides is 1. The van der Waals surface area contributed by atoms with Crippen LogP contribution in [0.4, 0.5) is 5.00 Å². The summed E-state index contributed by atoms with van der Waals surface area (Å²) in [7, 11) is 1.89. The normalized spacial score (nSPS) is 13.1. The van der Waals surface area contributed by atoms with Crippen LogP contribution in [0.25, 0.3) is 0 Å². The quantitative estimate of drug-likeness (QED) is 0.198. The number of thioether (sulfide) groups is 1. The lowest BCUT2D eigenvalue weighted by atomic mass is 10.1. The average Bonchev–Trinajstić information content (AvgIpc) is 3.25. The summed E-state index contributed by atoms with van der Waals surface area (Å²) in [6.07, 6.45) is 6.73. The Kier molecular flexibility index (Phi) is 8.95. The number of hydrogen-bond donors (Lipinski definition) is 1. The van der Waals surface area contributed by atoms with Gasteiger partial charge in [-0.15, -0.1) is 21.5 Å². The van der Waals surface area contributed by atoms with Crippen molar-refractivity contribution in [1.82, 2.24) is 14.8 Å².